The van der Waals surface area contributed by atoms with E-state index < -0.39 is 0 Å². The van der Waals surface area contributed by atoms with Crippen LogP contribution in [0.2, 0.25) is 0 Å². The Morgan fingerprint density at radius 1 is 1.21 bits per heavy atom. The molecule has 0 bridgehead atoms. The van der Waals surface area contributed by atoms with E-state index in [1.165, 1.54) is 6.07 Å². The molecular weight excluding hydrogens is 243 g/mol. The molecule has 0 atom stereocenters. The predicted molar refractivity (Wildman–Crippen MR) is 72.4 cm³/mol. The second kappa shape index (κ2) is 4.93. The summed E-state index contributed by atoms with van der Waals surface area (Å²) in [7, 11) is 0. The van der Waals surface area contributed by atoms with Crippen molar-refractivity contribution in [2.24, 2.45) is 0 Å². The van der Waals surface area contributed by atoms with E-state index in [9.17, 15) is 4.39 Å². The van der Waals surface area contributed by atoms with E-state index in [1.807, 2.05) is 12.1 Å². The SMILES string of the molecule is Cc1cc(-c2ccc(NC3CNC3)nn2)ccc1F. The average Bonchev–Trinajstić information content (AvgIpc) is 2.38. The van der Waals surface area contributed by atoms with E-state index in [2.05, 4.69) is 20.8 Å². The number of rotatable bonds is 3. The summed E-state index contributed by atoms with van der Waals surface area (Å²) in [5.74, 6) is 0.571. The molecule has 0 radical (unpaired) electrons. The largest absolute Gasteiger partial charge is 0.363 e. The Balaban J connectivity index is 1.78. The molecule has 2 aromatic rings. The first kappa shape index (κ1) is 12.0. The predicted octanol–water partition coefficient (Wildman–Crippen LogP) is 1.97. The standard InChI is InChI=1S/C14H15FN4/c1-9-6-10(2-3-12(9)15)13-4-5-14(19-18-13)17-11-7-16-8-11/h2-6,11,16H,7-8H2,1H3,(H,17,19). The molecule has 19 heavy (non-hydrogen) atoms. The van der Waals surface area contributed by atoms with Gasteiger partial charge in [0.25, 0.3) is 0 Å². The van der Waals surface area contributed by atoms with Gasteiger partial charge in [-0.2, -0.15) is 0 Å². The number of anilines is 1. The summed E-state index contributed by atoms with van der Waals surface area (Å²) in [5.41, 5.74) is 2.24. The van der Waals surface area contributed by atoms with Crippen LogP contribution in [0.5, 0.6) is 0 Å². The molecule has 1 aliphatic heterocycles. The Hall–Kier alpha value is -2.01. The lowest BCUT2D eigenvalue weighted by atomic mass is 10.1. The number of aromatic nitrogens is 2. The molecule has 3 rings (SSSR count). The van der Waals surface area contributed by atoms with Crippen LogP contribution in [0.15, 0.2) is 30.3 Å². The molecule has 0 aliphatic carbocycles. The van der Waals surface area contributed by atoms with Crippen LogP contribution in [0.4, 0.5) is 10.2 Å². The lowest BCUT2D eigenvalue weighted by molar-refractivity contribution is 0.470. The van der Waals surface area contributed by atoms with Gasteiger partial charge in [0.1, 0.15) is 11.6 Å². The van der Waals surface area contributed by atoms with Crippen LogP contribution < -0.4 is 10.6 Å². The highest BCUT2D eigenvalue weighted by Crippen LogP contribution is 2.20. The summed E-state index contributed by atoms with van der Waals surface area (Å²) in [6.45, 7) is 3.66. The third-order valence-corrected chi connectivity index (χ3v) is 3.25. The van der Waals surface area contributed by atoms with Crippen LogP contribution in [-0.2, 0) is 0 Å². The van der Waals surface area contributed by atoms with Crippen LogP contribution in [-0.4, -0.2) is 29.3 Å². The topological polar surface area (TPSA) is 49.8 Å². The summed E-state index contributed by atoms with van der Waals surface area (Å²) in [6.07, 6.45) is 0. The molecule has 0 unspecified atom stereocenters. The maximum Gasteiger partial charge on any atom is 0.148 e. The molecule has 5 heteroatoms. The van der Waals surface area contributed by atoms with Crippen molar-refractivity contribution in [2.75, 3.05) is 18.4 Å². The second-order valence-corrected chi connectivity index (χ2v) is 4.77. The molecule has 98 valence electrons. The van der Waals surface area contributed by atoms with Crippen LogP contribution in [0.3, 0.4) is 0 Å². The molecule has 1 fully saturated rings. The molecule has 1 saturated heterocycles. The third-order valence-electron chi connectivity index (χ3n) is 3.25. The number of hydrogen-bond acceptors (Lipinski definition) is 4. The molecular formula is C14H15FN4. The average molecular weight is 258 g/mol. The summed E-state index contributed by atoms with van der Waals surface area (Å²) in [4.78, 5) is 0. The molecule has 1 aliphatic rings. The highest BCUT2D eigenvalue weighted by Gasteiger charge is 2.16. The van der Waals surface area contributed by atoms with E-state index in [-0.39, 0.29) is 5.82 Å². The van der Waals surface area contributed by atoms with Crippen molar-refractivity contribution in [3.63, 3.8) is 0 Å². The van der Waals surface area contributed by atoms with E-state index in [1.54, 1.807) is 19.1 Å². The number of nitrogens with one attached hydrogen (secondary N) is 2. The van der Waals surface area contributed by atoms with E-state index in [0.717, 1.165) is 30.2 Å². The number of nitrogens with zero attached hydrogens (tertiary/aromatic N) is 2. The molecule has 0 saturated carbocycles. The normalized spacial score (nSPS) is 15.1. The maximum atomic E-state index is 13.2. The molecule has 0 amide bonds. The molecule has 4 nitrogen and oxygen atoms in total. The number of benzene rings is 1. The van der Waals surface area contributed by atoms with Gasteiger partial charge in [0.2, 0.25) is 0 Å². The molecule has 0 spiro atoms. The van der Waals surface area contributed by atoms with Gasteiger partial charge < -0.3 is 10.6 Å². The van der Waals surface area contributed by atoms with Gasteiger partial charge in [-0.1, -0.05) is 0 Å². The molecule has 2 N–H and O–H groups in total. The second-order valence-electron chi connectivity index (χ2n) is 4.77. The van der Waals surface area contributed by atoms with E-state index >= 15 is 0 Å². The van der Waals surface area contributed by atoms with Gasteiger partial charge in [-0.25, -0.2) is 4.39 Å². The van der Waals surface area contributed by atoms with Crippen LogP contribution in [0, 0.1) is 12.7 Å². The summed E-state index contributed by atoms with van der Waals surface area (Å²) >= 11 is 0. The fourth-order valence-electron chi connectivity index (χ4n) is 1.97. The van der Waals surface area contributed by atoms with Crippen LogP contribution in [0.1, 0.15) is 5.56 Å². The van der Waals surface area contributed by atoms with Crippen molar-refractivity contribution in [2.45, 2.75) is 13.0 Å². The first-order valence-electron chi connectivity index (χ1n) is 6.30. The van der Waals surface area contributed by atoms with E-state index in [0.29, 0.717) is 11.6 Å². The fraction of sp³-hybridized carbons (Fsp3) is 0.286. The van der Waals surface area contributed by atoms with Gasteiger partial charge in [-0.05, 0) is 42.8 Å². The minimum Gasteiger partial charge on any atom is -0.363 e. The third kappa shape index (κ3) is 2.56. The Morgan fingerprint density at radius 3 is 2.63 bits per heavy atom. The lowest BCUT2D eigenvalue weighted by Crippen LogP contribution is -2.51. The first-order chi connectivity index (χ1) is 9.22. The van der Waals surface area contributed by atoms with Crippen LogP contribution in [0.25, 0.3) is 11.3 Å². The van der Waals surface area contributed by atoms with E-state index in [4.69, 9.17) is 0 Å². The smallest absolute Gasteiger partial charge is 0.148 e. The zero-order valence-electron chi connectivity index (χ0n) is 10.7. The van der Waals surface area contributed by atoms with Crippen molar-refractivity contribution in [1.82, 2.24) is 15.5 Å². The quantitative estimate of drug-likeness (QED) is 0.883. The van der Waals surface area contributed by atoms with Crippen molar-refractivity contribution in [3.05, 3.63) is 41.7 Å². The summed E-state index contributed by atoms with van der Waals surface area (Å²) in [5, 5.41) is 14.8. The van der Waals surface area contributed by atoms with Crippen molar-refractivity contribution in [3.8, 4) is 11.3 Å². The van der Waals surface area contributed by atoms with Gasteiger partial charge in [0, 0.05) is 18.7 Å². The van der Waals surface area contributed by atoms with Crippen LogP contribution >= 0.6 is 0 Å². The fourth-order valence-corrected chi connectivity index (χ4v) is 1.97. The summed E-state index contributed by atoms with van der Waals surface area (Å²) < 4.78 is 13.2. The molecule has 1 aromatic carbocycles. The minimum absolute atomic E-state index is 0.201. The Morgan fingerprint density at radius 2 is 2.05 bits per heavy atom. The first-order valence-corrected chi connectivity index (χ1v) is 6.30. The van der Waals surface area contributed by atoms with Crippen molar-refractivity contribution in [1.29, 1.82) is 0 Å². The number of halogens is 1. The van der Waals surface area contributed by atoms with Gasteiger partial charge in [-0.3, -0.25) is 0 Å². The molecule has 1 aromatic heterocycles. The highest BCUT2D eigenvalue weighted by molar-refractivity contribution is 5.60. The summed E-state index contributed by atoms with van der Waals surface area (Å²) in [6, 6.07) is 9.19. The Kier molecular flexibility index (Phi) is 3.13. The maximum absolute atomic E-state index is 13.2. The van der Waals surface area contributed by atoms with Gasteiger partial charge in [0.15, 0.2) is 0 Å². The number of aryl methyl sites for hydroxylation is 1. The zero-order valence-corrected chi connectivity index (χ0v) is 10.7. The van der Waals surface area contributed by atoms with Gasteiger partial charge in [0.05, 0.1) is 11.7 Å². The Labute approximate surface area is 111 Å². The highest BCUT2D eigenvalue weighted by atomic mass is 19.1. The van der Waals surface area contributed by atoms with Crippen molar-refractivity contribution >= 4 is 5.82 Å². The zero-order chi connectivity index (χ0) is 13.2. The Bertz CT molecular complexity index is 578. The van der Waals surface area contributed by atoms with Crippen molar-refractivity contribution < 1.29 is 4.39 Å². The van der Waals surface area contributed by atoms with Gasteiger partial charge >= 0.3 is 0 Å². The monoisotopic (exact) mass is 258 g/mol. The van der Waals surface area contributed by atoms with Gasteiger partial charge in [-0.15, -0.1) is 10.2 Å². The lowest BCUT2D eigenvalue weighted by Gasteiger charge is -2.28. The number of hydrogen-bond donors (Lipinski definition) is 2. The molecule has 2 heterocycles. The minimum atomic E-state index is -0.201.